The molecule has 4 amide bonds. The van der Waals surface area contributed by atoms with Gasteiger partial charge in [-0.1, -0.05) is 48.4 Å². The predicted molar refractivity (Wildman–Crippen MR) is 126 cm³/mol. The smallest absolute Gasteiger partial charge is 0.325 e. The van der Waals surface area contributed by atoms with Gasteiger partial charge in [0.2, 0.25) is 0 Å². The fourth-order valence-corrected chi connectivity index (χ4v) is 5.56. The highest BCUT2D eigenvalue weighted by Gasteiger charge is 2.53. The van der Waals surface area contributed by atoms with Crippen molar-refractivity contribution in [3.63, 3.8) is 0 Å². The van der Waals surface area contributed by atoms with Gasteiger partial charge in [0.05, 0.1) is 22.5 Å². The highest BCUT2D eigenvalue weighted by Crippen LogP contribution is 2.39. The van der Waals surface area contributed by atoms with Gasteiger partial charge in [-0.05, 0) is 44.0 Å². The zero-order valence-electron chi connectivity index (χ0n) is 18.2. The molecule has 0 unspecified atom stereocenters. The largest absolute Gasteiger partial charge is 0.492 e. The molecular formula is C24H24N4O4S. The maximum Gasteiger partial charge on any atom is 0.325 e. The first-order valence-corrected chi connectivity index (χ1v) is 11.9. The Bertz CT molecular complexity index is 1200. The summed E-state index contributed by atoms with van der Waals surface area (Å²) in [6, 6.07) is 14.3. The van der Waals surface area contributed by atoms with Crippen LogP contribution in [0.3, 0.4) is 0 Å². The second-order valence-electron chi connectivity index (χ2n) is 8.20. The topological polar surface area (TPSA) is 91.8 Å². The van der Waals surface area contributed by atoms with Crippen LogP contribution in [0.15, 0.2) is 48.5 Å². The van der Waals surface area contributed by atoms with Crippen molar-refractivity contribution < 1.29 is 19.1 Å². The van der Waals surface area contributed by atoms with Gasteiger partial charge in [-0.25, -0.2) is 9.78 Å². The first-order chi connectivity index (χ1) is 16.0. The van der Waals surface area contributed by atoms with E-state index >= 15 is 0 Å². The molecule has 33 heavy (non-hydrogen) atoms. The Balaban J connectivity index is 1.52. The maximum atomic E-state index is 13.7. The van der Waals surface area contributed by atoms with Crippen molar-refractivity contribution in [1.29, 1.82) is 0 Å². The lowest BCUT2D eigenvalue weighted by molar-refractivity contribution is -0.134. The Morgan fingerprint density at radius 2 is 1.88 bits per heavy atom. The van der Waals surface area contributed by atoms with Gasteiger partial charge in [-0.3, -0.25) is 19.4 Å². The number of para-hydroxylation sites is 3. The van der Waals surface area contributed by atoms with Crippen LogP contribution in [0.4, 0.5) is 15.6 Å². The van der Waals surface area contributed by atoms with E-state index in [-0.39, 0.29) is 12.5 Å². The lowest BCUT2D eigenvalue weighted by Crippen LogP contribution is -2.45. The van der Waals surface area contributed by atoms with Crippen LogP contribution in [0.25, 0.3) is 10.2 Å². The van der Waals surface area contributed by atoms with Gasteiger partial charge in [0.1, 0.15) is 17.8 Å². The molecule has 3 aromatic rings. The fourth-order valence-electron chi connectivity index (χ4n) is 4.56. The number of ether oxygens (including phenoxy) is 1. The number of carbonyl (C=O) groups is 3. The molecule has 1 aliphatic carbocycles. The standard InChI is InChI=1S/C24H24N4O4S/c1-2-32-18-11-5-4-10-17(18)28(23-25-16-9-3-6-12-19(16)33-23)20(29)15-27-21(30)24(26-22(27)31)13-7-8-14-24/h3-6,9-12H,2,7-8,13-15H2,1H3,(H,26,31). The van der Waals surface area contributed by atoms with Crippen molar-refractivity contribution in [1.82, 2.24) is 15.2 Å². The van der Waals surface area contributed by atoms with E-state index in [0.717, 1.165) is 28.0 Å². The predicted octanol–water partition coefficient (Wildman–Crippen LogP) is 4.22. The third kappa shape index (κ3) is 3.72. The number of hydrogen-bond acceptors (Lipinski definition) is 6. The Morgan fingerprint density at radius 1 is 1.15 bits per heavy atom. The van der Waals surface area contributed by atoms with E-state index in [9.17, 15) is 14.4 Å². The molecule has 2 fully saturated rings. The molecule has 0 bridgehead atoms. The van der Waals surface area contributed by atoms with Crippen LogP contribution in [0, 0.1) is 0 Å². The van der Waals surface area contributed by atoms with Gasteiger partial charge < -0.3 is 10.1 Å². The third-order valence-electron chi connectivity index (χ3n) is 6.13. The number of thiazole rings is 1. The molecule has 1 aliphatic heterocycles. The van der Waals surface area contributed by atoms with Crippen LogP contribution in [-0.4, -0.2) is 46.4 Å². The Labute approximate surface area is 195 Å². The Kier molecular flexibility index (Phi) is 5.49. The van der Waals surface area contributed by atoms with Gasteiger partial charge >= 0.3 is 6.03 Å². The number of fused-ring (bicyclic) bond motifs is 1. The molecule has 1 aromatic heterocycles. The number of rotatable bonds is 6. The lowest BCUT2D eigenvalue weighted by Gasteiger charge is -2.25. The molecule has 8 nitrogen and oxygen atoms in total. The summed E-state index contributed by atoms with van der Waals surface area (Å²) in [6.07, 6.45) is 2.98. The highest BCUT2D eigenvalue weighted by atomic mass is 32.1. The summed E-state index contributed by atoms with van der Waals surface area (Å²) in [7, 11) is 0. The van der Waals surface area contributed by atoms with Crippen LogP contribution in [-0.2, 0) is 9.59 Å². The number of imide groups is 1. The van der Waals surface area contributed by atoms with E-state index in [2.05, 4.69) is 10.3 Å². The monoisotopic (exact) mass is 464 g/mol. The maximum absolute atomic E-state index is 13.7. The van der Waals surface area contributed by atoms with E-state index in [0.29, 0.717) is 36.0 Å². The van der Waals surface area contributed by atoms with Gasteiger partial charge in [-0.15, -0.1) is 0 Å². The molecular weight excluding hydrogens is 440 g/mol. The van der Waals surface area contributed by atoms with Gasteiger partial charge in [0, 0.05) is 0 Å². The second kappa shape index (κ2) is 8.47. The summed E-state index contributed by atoms with van der Waals surface area (Å²) in [5.74, 6) is -0.225. The average molecular weight is 465 g/mol. The molecule has 1 saturated heterocycles. The van der Waals surface area contributed by atoms with Crippen molar-refractivity contribution in [3.8, 4) is 5.75 Å². The highest BCUT2D eigenvalue weighted by molar-refractivity contribution is 7.22. The minimum atomic E-state index is -0.860. The SMILES string of the molecule is CCOc1ccccc1N(C(=O)CN1C(=O)NC2(CCCC2)C1=O)c1nc2ccccc2s1. The number of anilines is 2. The van der Waals surface area contributed by atoms with Gasteiger partial charge in [0.25, 0.3) is 11.8 Å². The van der Waals surface area contributed by atoms with Crippen LogP contribution in [0.5, 0.6) is 5.75 Å². The van der Waals surface area contributed by atoms with Crippen molar-refractivity contribution >= 4 is 50.2 Å². The van der Waals surface area contributed by atoms with E-state index in [1.165, 1.54) is 16.2 Å². The molecule has 2 heterocycles. The summed E-state index contributed by atoms with van der Waals surface area (Å²) >= 11 is 1.37. The zero-order valence-corrected chi connectivity index (χ0v) is 19.1. The summed E-state index contributed by atoms with van der Waals surface area (Å²) in [6.45, 7) is 1.92. The molecule has 0 radical (unpaired) electrons. The summed E-state index contributed by atoms with van der Waals surface area (Å²) in [4.78, 5) is 46.6. The quantitative estimate of drug-likeness (QED) is 0.552. The van der Waals surface area contributed by atoms with Crippen molar-refractivity contribution in [3.05, 3.63) is 48.5 Å². The minimum Gasteiger partial charge on any atom is -0.492 e. The van der Waals surface area contributed by atoms with E-state index in [4.69, 9.17) is 4.74 Å². The molecule has 0 atom stereocenters. The molecule has 170 valence electrons. The van der Waals surface area contributed by atoms with Crippen LogP contribution < -0.4 is 15.0 Å². The normalized spacial score (nSPS) is 17.1. The lowest BCUT2D eigenvalue weighted by atomic mass is 9.98. The van der Waals surface area contributed by atoms with Crippen LogP contribution in [0.1, 0.15) is 32.6 Å². The van der Waals surface area contributed by atoms with E-state index in [1.54, 1.807) is 12.1 Å². The van der Waals surface area contributed by atoms with Gasteiger partial charge in [0.15, 0.2) is 5.13 Å². The molecule has 1 N–H and O–H groups in total. The van der Waals surface area contributed by atoms with Crippen LogP contribution >= 0.6 is 11.3 Å². The summed E-state index contributed by atoms with van der Waals surface area (Å²) < 4.78 is 6.70. The molecule has 1 spiro atoms. The average Bonchev–Trinajstić information content (AvgIpc) is 3.50. The zero-order chi connectivity index (χ0) is 23.0. The number of nitrogens with zero attached hydrogens (tertiary/aromatic N) is 3. The Morgan fingerprint density at radius 3 is 2.64 bits per heavy atom. The van der Waals surface area contributed by atoms with Crippen LogP contribution in [0.2, 0.25) is 0 Å². The fraction of sp³-hybridized carbons (Fsp3) is 0.333. The number of urea groups is 1. The van der Waals surface area contributed by atoms with E-state index in [1.807, 2.05) is 43.3 Å². The minimum absolute atomic E-state index is 0.319. The van der Waals surface area contributed by atoms with Crippen molar-refractivity contribution in [2.24, 2.45) is 0 Å². The van der Waals surface area contributed by atoms with Crippen molar-refractivity contribution in [2.45, 2.75) is 38.1 Å². The summed E-state index contributed by atoms with van der Waals surface area (Å²) in [5, 5.41) is 3.29. The van der Waals surface area contributed by atoms with Crippen molar-refractivity contribution in [2.75, 3.05) is 18.1 Å². The number of benzene rings is 2. The molecule has 9 heteroatoms. The number of carbonyl (C=O) groups excluding carboxylic acids is 3. The molecule has 1 saturated carbocycles. The second-order valence-corrected chi connectivity index (χ2v) is 9.21. The Hall–Kier alpha value is -3.46. The summed E-state index contributed by atoms with van der Waals surface area (Å²) in [5.41, 5.74) is 0.427. The molecule has 2 aromatic carbocycles. The number of aromatic nitrogens is 1. The first kappa shape index (κ1) is 21.4. The van der Waals surface area contributed by atoms with Gasteiger partial charge in [-0.2, -0.15) is 0 Å². The number of nitrogens with one attached hydrogen (secondary N) is 1. The molecule has 2 aliphatic rings. The first-order valence-electron chi connectivity index (χ1n) is 11.1. The van der Waals surface area contributed by atoms with E-state index < -0.39 is 17.5 Å². The third-order valence-corrected chi connectivity index (χ3v) is 7.15. The molecule has 5 rings (SSSR count). The number of hydrogen-bond donors (Lipinski definition) is 1. The number of amides is 4.